The van der Waals surface area contributed by atoms with Crippen molar-refractivity contribution in [2.24, 2.45) is 5.73 Å². The lowest BCUT2D eigenvalue weighted by Gasteiger charge is -2.03. The van der Waals surface area contributed by atoms with E-state index in [9.17, 15) is 4.79 Å². The summed E-state index contributed by atoms with van der Waals surface area (Å²) >= 11 is 8.52. The second-order valence-corrected chi connectivity index (χ2v) is 5.35. The highest BCUT2D eigenvalue weighted by Gasteiger charge is 2.11. The summed E-state index contributed by atoms with van der Waals surface area (Å²) in [5, 5.41) is 8.50. The van der Waals surface area contributed by atoms with Gasteiger partial charge in [0.05, 0.1) is 8.55 Å². The Bertz CT molecular complexity index is 302. The van der Waals surface area contributed by atoms with Crippen molar-refractivity contribution in [2.45, 2.75) is 10.3 Å². The highest BCUT2D eigenvalue weighted by molar-refractivity contribution is 8.01. The Morgan fingerprint density at radius 3 is 2.92 bits per heavy atom. The van der Waals surface area contributed by atoms with E-state index in [2.05, 4.69) is 0 Å². The molecule has 1 aromatic heterocycles. The van der Waals surface area contributed by atoms with Gasteiger partial charge in [0.15, 0.2) is 0 Å². The van der Waals surface area contributed by atoms with Crippen molar-refractivity contribution in [1.29, 1.82) is 0 Å². The number of hydrogen-bond acceptors (Lipinski definition) is 4. The summed E-state index contributed by atoms with van der Waals surface area (Å²) in [5.41, 5.74) is 5.32. The summed E-state index contributed by atoms with van der Waals surface area (Å²) in [6.07, 6.45) is 0. The predicted molar refractivity (Wildman–Crippen MR) is 55.7 cm³/mol. The summed E-state index contributed by atoms with van der Waals surface area (Å²) in [4.78, 5) is 10.4. The zero-order valence-corrected chi connectivity index (χ0v) is 8.96. The summed E-state index contributed by atoms with van der Waals surface area (Å²) in [6, 6.07) is 2.82. The van der Waals surface area contributed by atoms with Gasteiger partial charge in [-0.15, -0.1) is 23.1 Å². The van der Waals surface area contributed by atoms with Gasteiger partial charge in [-0.05, 0) is 12.1 Å². The molecule has 0 fully saturated rings. The SMILES string of the molecule is NC(CSc1ccc(Cl)s1)C(=O)O. The molecule has 0 aliphatic heterocycles. The highest BCUT2D eigenvalue weighted by Crippen LogP contribution is 2.30. The van der Waals surface area contributed by atoms with Crippen molar-refractivity contribution < 1.29 is 9.90 Å². The lowest BCUT2D eigenvalue weighted by molar-refractivity contribution is -0.137. The highest BCUT2D eigenvalue weighted by atomic mass is 35.5. The molecule has 72 valence electrons. The van der Waals surface area contributed by atoms with E-state index in [-0.39, 0.29) is 0 Å². The van der Waals surface area contributed by atoms with Crippen molar-refractivity contribution in [3.63, 3.8) is 0 Å². The first-order chi connectivity index (χ1) is 6.09. The van der Waals surface area contributed by atoms with Crippen LogP contribution in [0.3, 0.4) is 0 Å². The van der Waals surface area contributed by atoms with Crippen molar-refractivity contribution in [3.05, 3.63) is 16.5 Å². The number of thiophene rings is 1. The number of carboxylic acids is 1. The van der Waals surface area contributed by atoms with Crippen LogP contribution in [-0.2, 0) is 4.79 Å². The van der Waals surface area contributed by atoms with Crippen LogP contribution in [0, 0.1) is 0 Å². The van der Waals surface area contributed by atoms with Crippen LogP contribution >= 0.6 is 34.7 Å². The van der Waals surface area contributed by atoms with Gasteiger partial charge in [0.1, 0.15) is 6.04 Å². The van der Waals surface area contributed by atoms with E-state index in [0.29, 0.717) is 10.1 Å². The molecular formula is C7H8ClNO2S2. The first-order valence-electron chi connectivity index (χ1n) is 3.46. The van der Waals surface area contributed by atoms with Crippen LogP contribution in [0.2, 0.25) is 4.34 Å². The largest absolute Gasteiger partial charge is 0.480 e. The average molecular weight is 238 g/mol. The van der Waals surface area contributed by atoms with E-state index in [4.69, 9.17) is 22.4 Å². The summed E-state index contributed by atoms with van der Waals surface area (Å²) in [5.74, 6) is -0.609. The second kappa shape index (κ2) is 4.85. The van der Waals surface area contributed by atoms with Crippen LogP contribution in [0.5, 0.6) is 0 Å². The van der Waals surface area contributed by atoms with Crippen LogP contribution in [0.4, 0.5) is 0 Å². The van der Waals surface area contributed by atoms with Gasteiger partial charge in [0.25, 0.3) is 0 Å². The number of halogens is 1. The molecule has 1 rings (SSSR count). The quantitative estimate of drug-likeness (QED) is 0.786. The lowest BCUT2D eigenvalue weighted by Crippen LogP contribution is -2.32. The van der Waals surface area contributed by atoms with Crippen molar-refractivity contribution in [2.75, 3.05) is 5.75 Å². The molecule has 0 aromatic carbocycles. The molecule has 0 aliphatic carbocycles. The van der Waals surface area contributed by atoms with Crippen molar-refractivity contribution >= 4 is 40.7 Å². The maximum Gasteiger partial charge on any atom is 0.321 e. The first kappa shape index (κ1) is 10.8. The molecule has 1 heterocycles. The third-order valence-electron chi connectivity index (χ3n) is 1.27. The molecule has 0 radical (unpaired) electrons. The lowest BCUT2D eigenvalue weighted by atomic mass is 10.4. The van der Waals surface area contributed by atoms with Crippen molar-refractivity contribution in [1.82, 2.24) is 0 Å². The normalized spacial score (nSPS) is 12.8. The van der Waals surface area contributed by atoms with E-state index in [1.165, 1.54) is 23.1 Å². The van der Waals surface area contributed by atoms with Gasteiger partial charge < -0.3 is 10.8 Å². The number of hydrogen-bond donors (Lipinski definition) is 2. The van der Waals surface area contributed by atoms with Gasteiger partial charge >= 0.3 is 5.97 Å². The number of carbonyl (C=O) groups is 1. The zero-order chi connectivity index (χ0) is 9.84. The summed E-state index contributed by atoms with van der Waals surface area (Å²) in [7, 11) is 0. The van der Waals surface area contributed by atoms with E-state index in [0.717, 1.165) is 4.21 Å². The van der Waals surface area contributed by atoms with Crippen LogP contribution in [0.1, 0.15) is 0 Å². The van der Waals surface area contributed by atoms with Gasteiger partial charge in [0.2, 0.25) is 0 Å². The van der Waals surface area contributed by atoms with Crippen molar-refractivity contribution in [3.8, 4) is 0 Å². The Morgan fingerprint density at radius 2 is 2.46 bits per heavy atom. The standard InChI is InChI=1S/C7H8ClNO2S2/c8-5-1-2-6(13-5)12-3-4(9)7(10)11/h1-2,4H,3,9H2,(H,10,11). The Morgan fingerprint density at radius 1 is 1.77 bits per heavy atom. The van der Waals surface area contributed by atoms with Gasteiger partial charge in [-0.2, -0.15) is 0 Å². The molecule has 0 saturated heterocycles. The summed E-state index contributed by atoms with van der Waals surface area (Å²) in [6.45, 7) is 0. The minimum absolute atomic E-state index is 0.367. The Kier molecular flexibility index (Phi) is 4.05. The van der Waals surface area contributed by atoms with Crippen LogP contribution < -0.4 is 5.73 Å². The third kappa shape index (κ3) is 3.56. The van der Waals surface area contributed by atoms with E-state index < -0.39 is 12.0 Å². The molecule has 13 heavy (non-hydrogen) atoms. The number of aliphatic carboxylic acids is 1. The van der Waals surface area contributed by atoms with Crippen LogP contribution in [-0.4, -0.2) is 22.9 Å². The zero-order valence-electron chi connectivity index (χ0n) is 6.57. The maximum atomic E-state index is 10.4. The molecule has 1 aromatic rings. The van der Waals surface area contributed by atoms with E-state index in [1.807, 2.05) is 6.07 Å². The molecule has 1 atom stereocenters. The molecule has 3 N–H and O–H groups in total. The Hall–Kier alpha value is -0.230. The number of thioether (sulfide) groups is 1. The maximum absolute atomic E-state index is 10.4. The predicted octanol–water partition coefficient (Wildman–Crippen LogP) is 1.91. The smallest absolute Gasteiger partial charge is 0.321 e. The third-order valence-corrected chi connectivity index (χ3v) is 3.85. The topological polar surface area (TPSA) is 63.3 Å². The monoisotopic (exact) mass is 237 g/mol. The minimum Gasteiger partial charge on any atom is -0.480 e. The van der Waals surface area contributed by atoms with Crippen LogP contribution in [0.25, 0.3) is 0 Å². The second-order valence-electron chi connectivity index (χ2n) is 2.31. The van der Waals surface area contributed by atoms with Gasteiger partial charge in [-0.1, -0.05) is 11.6 Å². The van der Waals surface area contributed by atoms with E-state index >= 15 is 0 Å². The summed E-state index contributed by atoms with van der Waals surface area (Å²) < 4.78 is 1.69. The fourth-order valence-corrected chi connectivity index (χ4v) is 2.89. The molecular weight excluding hydrogens is 230 g/mol. The fraction of sp³-hybridized carbons (Fsp3) is 0.286. The number of rotatable bonds is 4. The molecule has 0 bridgehead atoms. The molecule has 0 amide bonds. The van der Waals surface area contributed by atoms with Gasteiger partial charge in [-0.25, -0.2) is 0 Å². The minimum atomic E-state index is -0.977. The first-order valence-corrected chi connectivity index (χ1v) is 5.64. The number of nitrogens with two attached hydrogens (primary N) is 1. The molecule has 0 saturated carbocycles. The molecule has 3 nitrogen and oxygen atoms in total. The fourth-order valence-electron chi connectivity index (χ4n) is 0.618. The molecule has 0 aliphatic rings. The number of carboxylic acid groups (broad SMARTS) is 1. The molecule has 0 spiro atoms. The van der Waals surface area contributed by atoms with Crippen LogP contribution in [0.15, 0.2) is 16.3 Å². The Balaban J connectivity index is 2.39. The average Bonchev–Trinajstić information content (AvgIpc) is 2.47. The molecule has 6 heteroatoms. The van der Waals surface area contributed by atoms with E-state index in [1.54, 1.807) is 6.07 Å². The Labute approximate surface area is 88.9 Å². The molecule has 1 unspecified atom stereocenters. The van der Waals surface area contributed by atoms with Gasteiger partial charge in [0, 0.05) is 5.75 Å². The van der Waals surface area contributed by atoms with Gasteiger partial charge in [-0.3, -0.25) is 4.79 Å².